The number of carboxylic acid groups (broad SMARTS) is 1. The van der Waals surface area contributed by atoms with Gasteiger partial charge in [0.05, 0.1) is 6.10 Å². The van der Waals surface area contributed by atoms with Gasteiger partial charge in [-0.2, -0.15) is 0 Å². The van der Waals surface area contributed by atoms with E-state index < -0.39 is 5.97 Å². The van der Waals surface area contributed by atoms with E-state index in [2.05, 4.69) is 45.9 Å². The molecule has 0 aromatic rings. The largest absolute Gasteiger partial charge is 0.478 e. The minimum atomic E-state index is -0.921. The van der Waals surface area contributed by atoms with Crippen LogP contribution in [0.25, 0.3) is 0 Å². The van der Waals surface area contributed by atoms with Gasteiger partial charge in [-0.3, -0.25) is 0 Å². The van der Waals surface area contributed by atoms with Gasteiger partial charge in [0.25, 0.3) is 0 Å². The third kappa shape index (κ3) is 5.23. The molecule has 3 heteroatoms. The normalized spacial score (nSPS) is 22.9. The molecule has 3 nitrogen and oxygen atoms in total. The lowest BCUT2D eigenvalue weighted by atomic mass is 9.68. The molecular weight excluding hydrogens is 348 g/mol. The summed E-state index contributed by atoms with van der Waals surface area (Å²) in [5, 5.41) is 8.85. The summed E-state index contributed by atoms with van der Waals surface area (Å²) >= 11 is 0. The highest BCUT2D eigenvalue weighted by atomic mass is 16.5. The number of hydrogen-bond acceptors (Lipinski definition) is 2. The van der Waals surface area contributed by atoms with Crippen molar-refractivity contribution in [3.8, 4) is 0 Å². The predicted octanol–water partition coefficient (Wildman–Crippen LogP) is 6.32. The molecule has 0 heterocycles. The molecule has 0 aromatic carbocycles. The zero-order valence-electron chi connectivity index (χ0n) is 18.1. The number of ether oxygens (including phenoxy) is 1. The smallest absolute Gasteiger partial charge is 0.328 e. The predicted molar refractivity (Wildman–Crippen MR) is 116 cm³/mol. The number of aliphatic carboxylic acids is 1. The van der Waals surface area contributed by atoms with Crippen molar-refractivity contribution in [3.05, 3.63) is 69.9 Å². The maximum absolute atomic E-state index is 10.8. The van der Waals surface area contributed by atoms with Gasteiger partial charge in [0.15, 0.2) is 0 Å². The molecule has 2 aliphatic carbocycles. The molecule has 1 atom stereocenters. The molecule has 0 saturated heterocycles. The summed E-state index contributed by atoms with van der Waals surface area (Å²) in [6.45, 7) is 13.5. The summed E-state index contributed by atoms with van der Waals surface area (Å²) in [6, 6.07) is 0. The molecule has 0 amide bonds. The number of allylic oxidation sites excluding steroid dienone is 8. The summed E-state index contributed by atoms with van der Waals surface area (Å²) in [7, 11) is 0. The molecule has 2 rings (SSSR count). The lowest BCUT2D eigenvalue weighted by Gasteiger charge is -2.39. The van der Waals surface area contributed by atoms with Crippen molar-refractivity contribution in [1.82, 2.24) is 0 Å². The van der Waals surface area contributed by atoms with Crippen LogP contribution >= 0.6 is 0 Å². The first-order valence-electron chi connectivity index (χ1n) is 10.2. The summed E-state index contributed by atoms with van der Waals surface area (Å²) in [5.74, 6) is -0.921. The lowest BCUT2D eigenvalue weighted by molar-refractivity contribution is -0.131. The van der Waals surface area contributed by atoms with Gasteiger partial charge in [-0.05, 0) is 73.0 Å². The fourth-order valence-electron chi connectivity index (χ4n) is 4.00. The average molecular weight is 383 g/mol. The van der Waals surface area contributed by atoms with Crippen LogP contribution in [0.2, 0.25) is 0 Å². The first-order valence-corrected chi connectivity index (χ1v) is 10.2. The van der Waals surface area contributed by atoms with Crippen LogP contribution in [0, 0.1) is 5.41 Å². The van der Waals surface area contributed by atoms with Gasteiger partial charge in [-0.1, -0.05) is 50.6 Å². The van der Waals surface area contributed by atoms with Crippen LogP contribution in [-0.2, 0) is 9.53 Å². The molecule has 1 unspecified atom stereocenters. The van der Waals surface area contributed by atoms with Crippen molar-refractivity contribution >= 4 is 5.97 Å². The second kappa shape index (κ2) is 9.38. The van der Waals surface area contributed by atoms with Gasteiger partial charge in [0.1, 0.15) is 0 Å². The molecule has 0 saturated carbocycles. The number of carboxylic acids is 1. The van der Waals surface area contributed by atoms with Crippen molar-refractivity contribution < 1.29 is 14.6 Å². The van der Waals surface area contributed by atoms with E-state index in [1.165, 1.54) is 33.9 Å². The monoisotopic (exact) mass is 382 g/mol. The van der Waals surface area contributed by atoms with Crippen molar-refractivity contribution in [3.63, 3.8) is 0 Å². The van der Waals surface area contributed by atoms with Gasteiger partial charge in [0, 0.05) is 19.1 Å². The summed E-state index contributed by atoms with van der Waals surface area (Å²) in [6.07, 6.45) is 14.7. The van der Waals surface area contributed by atoms with Crippen molar-refractivity contribution in [2.24, 2.45) is 5.41 Å². The average Bonchev–Trinajstić information content (AvgIpc) is 2.62. The third-order valence-electron chi connectivity index (χ3n) is 5.65. The quantitative estimate of drug-likeness (QED) is 0.414. The zero-order chi connectivity index (χ0) is 20.9. The van der Waals surface area contributed by atoms with E-state index in [1.54, 1.807) is 6.92 Å². The van der Waals surface area contributed by atoms with Crippen molar-refractivity contribution in [2.75, 3.05) is 6.61 Å². The van der Waals surface area contributed by atoms with Crippen LogP contribution in [-0.4, -0.2) is 23.8 Å². The van der Waals surface area contributed by atoms with E-state index in [0.29, 0.717) is 6.61 Å². The Balaban J connectivity index is 2.44. The molecule has 28 heavy (non-hydrogen) atoms. The molecule has 0 aromatic heterocycles. The maximum atomic E-state index is 10.8. The maximum Gasteiger partial charge on any atom is 0.328 e. The van der Waals surface area contributed by atoms with Crippen LogP contribution < -0.4 is 0 Å². The zero-order valence-corrected chi connectivity index (χ0v) is 18.1. The Morgan fingerprint density at radius 3 is 2.68 bits per heavy atom. The topological polar surface area (TPSA) is 46.5 Å². The fraction of sp³-hybridized carbons (Fsp3) is 0.480. The Labute approximate surface area is 169 Å². The molecule has 0 radical (unpaired) electrons. The standard InChI is InChI=1S/C25H34O3/c1-7-19(11-9-10-17(3)14-24(26)27)21-15-20-18(4)12-13-25(5,6)22(20)16-23(21)28-8-2/h9-12,14-15,23H,7-8,13,16H2,1-6H3,(H,26,27)/b10-9+,17-14+,19-11-. The highest BCUT2D eigenvalue weighted by Gasteiger charge is 2.35. The van der Waals surface area contributed by atoms with E-state index in [9.17, 15) is 4.79 Å². The second-order valence-corrected chi connectivity index (χ2v) is 8.25. The van der Waals surface area contributed by atoms with E-state index >= 15 is 0 Å². The molecule has 0 aliphatic heterocycles. The summed E-state index contributed by atoms with van der Waals surface area (Å²) in [4.78, 5) is 10.8. The van der Waals surface area contributed by atoms with E-state index in [0.717, 1.165) is 24.8 Å². The van der Waals surface area contributed by atoms with Crippen LogP contribution in [0.1, 0.15) is 60.8 Å². The fourth-order valence-corrected chi connectivity index (χ4v) is 4.00. The highest BCUT2D eigenvalue weighted by Crippen LogP contribution is 2.47. The molecule has 0 bridgehead atoms. The summed E-state index contributed by atoms with van der Waals surface area (Å²) < 4.78 is 6.16. The molecule has 152 valence electrons. The minimum absolute atomic E-state index is 0.0733. The Hall–Kier alpha value is -2.13. The second-order valence-electron chi connectivity index (χ2n) is 8.25. The van der Waals surface area contributed by atoms with Crippen LogP contribution in [0.4, 0.5) is 0 Å². The lowest BCUT2D eigenvalue weighted by Crippen LogP contribution is -2.29. The Bertz CT molecular complexity index is 798. The van der Waals surface area contributed by atoms with E-state index in [-0.39, 0.29) is 11.5 Å². The van der Waals surface area contributed by atoms with Crippen LogP contribution in [0.5, 0.6) is 0 Å². The first-order chi connectivity index (χ1) is 13.2. The SMILES string of the molecule is CCOC1CC2=C(C=C1\C(=C/C=C/C(C)=C/C(=O)O)CC)C(C)=CCC2(C)C. The Morgan fingerprint density at radius 2 is 2.07 bits per heavy atom. The number of rotatable bonds is 7. The van der Waals surface area contributed by atoms with Crippen molar-refractivity contribution in [1.29, 1.82) is 0 Å². The highest BCUT2D eigenvalue weighted by molar-refractivity contribution is 5.81. The Morgan fingerprint density at radius 1 is 1.36 bits per heavy atom. The van der Waals surface area contributed by atoms with Gasteiger partial charge in [-0.25, -0.2) is 4.79 Å². The molecule has 0 fully saturated rings. The van der Waals surface area contributed by atoms with E-state index in [1.807, 2.05) is 19.1 Å². The van der Waals surface area contributed by atoms with Gasteiger partial charge >= 0.3 is 5.97 Å². The molecule has 2 aliphatic rings. The van der Waals surface area contributed by atoms with Gasteiger partial charge in [-0.15, -0.1) is 0 Å². The van der Waals surface area contributed by atoms with E-state index in [4.69, 9.17) is 9.84 Å². The minimum Gasteiger partial charge on any atom is -0.478 e. The first kappa shape index (κ1) is 22.2. The molecular formula is C25H34O3. The third-order valence-corrected chi connectivity index (χ3v) is 5.65. The molecule has 0 spiro atoms. The summed E-state index contributed by atoms with van der Waals surface area (Å²) in [5.41, 5.74) is 7.59. The number of hydrogen-bond donors (Lipinski definition) is 1. The molecule has 1 N–H and O–H groups in total. The van der Waals surface area contributed by atoms with Gasteiger partial charge in [0.2, 0.25) is 0 Å². The van der Waals surface area contributed by atoms with Crippen molar-refractivity contribution in [2.45, 2.75) is 66.9 Å². The Kier molecular flexibility index (Phi) is 7.42. The van der Waals surface area contributed by atoms with Crippen LogP contribution in [0.15, 0.2) is 69.9 Å². The number of carbonyl (C=O) groups is 1. The van der Waals surface area contributed by atoms with Crippen LogP contribution in [0.3, 0.4) is 0 Å². The van der Waals surface area contributed by atoms with Gasteiger partial charge < -0.3 is 9.84 Å².